The summed E-state index contributed by atoms with van der Waals surface area (Å²) in [6.45, 7) is 0.925. The number of benzene rings is 1. The van der Waals surface area contributed by atoms with Crippen LogP contribution in [-0.2, 0) is 9.53 Å². The normalized spacial score (nSPS) is 10.1. The van der Waals surface area contributed by atoms with Crippen molar-refractivity contribution >= 4 is 23.5 Å². The van der Waals surface area contributed by atoms with Gasteiger partial charge in [0.15, 0.2) is 6.61 Å². The summed E-state index contributed by atoms with van der Waals surface area (Å²) >= 11 is 5.98. The Morgan fingerprint density at radius 2 is 2.25 bits per heavy atom. The summed E-state index contributed by atoms with van der Waals surface area (Å²) in [5.74, 6) is 0.193. The second kappa shape index (κ2) is 7.62. The number of nitrogens with zero attached hydrogens (tertiary/aromatic N) is 1. The highest BCUT2D eigenvalue weighted by Crippen LogP contribution is 2.33. The van der Waals surface area contributed by atoms with E-state index in [1.807, 2.05) is 0 Å². The van der Waals surface area contributed by atoms with Crippen molar-refractivity contribution in [3.8, 4) is 23.6 Å². The van der Waals surface area contributed by atoms with E-state index in [4.69, 9.17) is 27.3 Å². The first kappa shape index (κ1) is 17.5. The second-order valence-corrected chi connectivity index (χ2v) is 5.02. The molecule has 0 fully saturated rings. The fourth-order valence-corrected chi connectivity index (χ4v) is 2.16. The molecule has 124 valence electrons. The Kier molecular flexibility index (Phi) is 5.55. The predicted octanol–water partition coefficient (Wildman–Crippen LogP) is 2.35. The van der Waals surface area contributed by atoms with E-state index in [1.165, 1.54) is 25.1 Å². The van der Waals surface area contributed by atoms with Gasteiger partial charge in [-0.15, -0.1) is 6.42 Å². The predicted molar refractivity (Wildman–Crippen MR) is 83.8 cm³/mol. The fourth-order valence-electron chi connectivity index (χ4n) is 1.91. The molecule has 0 aliphatic heterocycles. The van der Waals surface area contributed by atoms with Gasteiger partial charge in [0.25, 0.3) is 5.91 Å². The van der Waals surface area contributed by atoms with E-state index in [2.05, 4.69) is 16.4 Å². The van der Waals surface area contributed by atoms with Crippen molar-refractivity contribution in [2.75, 3.05) is 13.2 Å². The van der Waals surface area contributed by atoms with E-state index < -0.39 is 24.3 Å². The molecule has 1 aromatic heterocycles. The van der Waals surface area contributed by atoms with Crippen molar-refractivity contribution in [3.05, 3.63) is 40.4 Å². The minimum Gasteiger partial charge on any atom is -0.452 e. The highest BCUT2D eigenvalue weighted by atomic mass is 35.5. The molecule has 1 amide bonds. The van der Waals surface area contributed by atoms with Crippen LogP contribution < -0.4 is 5.32 Å². The zero-order valence-electron chi connectivity index (χ0n) is 12.6. The average Bonchev–Trinajstić information content (AvgIpc) is 2.92. The molecular weight excluding hydrogens is 339 g/mol. The van der Waals surface area contributed by atoms with Gasteiger partial charge in [-0.3, -0.25) is 4.79 Å². The Hall–Kier alpha value is -2.85. The number of ether oxygens (including phenoxy) is 1. The highest BCUT2D eigenvalue weighted by molar-refractivity contribution is 6.33. The summed E-state index contributed by atoms with van der Waals surface area (Å²) < 4.78 is 23.9. The fraction of sp³-hybridized carbons (Fsp3) is 0.188. The van der Waals surface area contributed by atoms with Gasteiger partial charge in [-0.2, -0.15) is 0 Å². The number of rotatable bonds is 5. The number of nitrogens with one attached hydrogen (secondary N) is 1. The zero-order chi connectivity index (χ0) is 17.7. The monoisotopic (exact) mass is 350 g/mol. The van der Waals surface area contributed by atoms with Crippen molar-refractivity contribution in [1.29, 1.82) is 0 Å². The molecule has 0 atom stereocenters. The molecule has 2 aromatic rings. The van der Waals surface area contributed by atoms with Crippen LogP contribution in [0.2, 0.25) is 5.02 Å². The molecule has 0 spiro atoms. The lowest BCUT2D eigenvalue weighted by Crippen LogP contribution is -2.29. The summed E-state index contributed by atoms with van der Waals surface area (Å²) in [5, 5.41) is 6.08. The van der Waals surface area contributed by atoms with Crippen LogP contribution in [-0.4, -0.2) is 30.2 Å². The molecule has 0 radical (unpaired) electrons. The van der Waals surface area contributed by atoms with E-state index >= 15 is 0 Å². The number of halogens is 2. The maximum Gasteiger partial charge on any atom is 0.344 e. The van der Waals surface area contributed by atoms with Gasteiger partial charge in [-0.25, -0.2) is 9.18 Å². The molecule has 2 rings (SSSR count). The lowest BCUT2D eigenvalue weighted by molar-refractivity contribution is -0.123. The number of terminal acetylenes is 1. The molecule has 24 heavy (non-hydrogen) atoms. The molecule has 0 aliphatic rings. The molecule has 8 heteroatoms. The van der Waals surface area contributed by atoms with Gasteiger partial charge >= 0.3 is 5.97 Å². The Balaban J connectivity index is 2.26. The lowest BCUT2D eigenvalue weighted by atomic mass is 10.1. The zero-order valence-corrected chi connectivity index (χ0v) is 13.3. The molecule has 0 aliphatic carbocycles. The molecule has 0 bridgehead atoms. The SMILES string of the molecule is C#CCNC(=O)COC(=O)c1c(-c2c(F)cccc2Cl)noc1C. The first-order chi connectivity index (χ1) is 11.5. The van der Waals surface area contributed by atoms with Gasteiger partial charge in [0.2, 0.25) is 0 Å². The van der Waals surface area contributed by atoms with Gasteiger partial charge in [-0.1, -0.05) is 28.7 Å². The smallest absolute Gasteiger partial charge is 0.344 e. The maximum absolute atomic E-state index is 14.0. The topological polar surface area (TPSA) is 81.4 Å². The molecule has 0 unspecified atom stereocenters. The minimum absolute atomic E-state index is 0.0127. The van der Waals surface area contributed by atoms with Gasteiger partial charge < -0.3 is 14.6 Å². The van der Waals surface area contributed by atoms with Crippen LogP contribution in [0.3, 0.4) is 0 Å². The van der Waals surface area contributed by atoms with Gasteiger partial charge in [-0.05, 0) is 19.1 Å². The molecule has 0 saturated carbocycles. The third-order valence-electron chi connectivity index (χ3n) is 2.99. The largest absolute Gasteiger partial charge is 0.452 e. The van der Waals surface area contributed by atoms with Gasteiger partial charge in [0.1, 0.15) is 22.8 Å². The van der Waals surface area contributed by atoms with Crippen LogP contribution in [0.15, 0.2) is 22.7 Å². The van der Waals surface area contributed by atoms with Crippen LogP contribution in [0.5, 0.6) is 0 Å². The number of amides is 1. The second-order valence-electron chi connectivity index (χ2n) is 4.62. The van der Waals surface area contributed by atoms with Crippen LogP contribution in [0.1, 0.15) is 16.1 Å². The average molecular weight is 351 g/mol. The number of aryl methyl sites for hydroxylation is 1. The van der Waals surface area contributed by atoms with Gasteiger partial charge in [0, 0.05) is 0 Å². The van der Waals surface area contributed by atoms with Crippen molar-refractivity contribution in [1.82, 2.24) is 10.5 Å². The van der Waals surface area contributed by atoms with E-state index in [0.29, 0.717) is 0 Å². The van der Waals surface area contributed by atoms with Crippen LogP contribution >= 0.6 is 11.6 Å². The number of carbonyl (C=O) groups excluding carboxylic acids is 2. The van der Waals surface area contributed by atoms with Crippen molar-refractivity contribution in [2.24, 2.45) is 0 Å². The third kappa shape index (κ3) is 3.73. The van der Waals surface area contributed by atoms with E-state index in [1.54, 1.807) is 0 Å². The number of aromatic nitrogens is 1. The highest BCUT2D eigenvalue weighted by Gasteiger charge is 2.26. The summed E-state index contributed by atoms with van der Waals surface area (Å²) in [6.07, 6.45) is 5.00. The Bertz CT molecular complexity index is 806. The molecule has 1 heterocycles. The molecule has 0 saturated heterocycles. The number of esters is 1. The Labute approximate surface area is 141 Å². The first-order valence-corrected chi connectivity index (χ1v) is 7.11. The van der Waals surface area contributed by atoms with Crippen LogP contribution in [0, 0.1) is 25.1 Å². The van der Waals surface area contributed by atoms with Gasteiger partial charge in [0.05, 0.1) is 17.1 Å². The van der Waals surface area contributed by atoms with E-state index in [0.717, 1.165) is 0 Å². The molecular formula is C16H12ClFN2O4. The number of hydrogen-bond acceptors (Lipinski definition) is 5. The minimum atomic E-state index is -0.890. The molecule has 6 nitrogen and oxygen atoms in total. The van der Waals surface area contributed by atoms with Crippen molar-refractivity contribution < 1.29 is 23.2 Å². The molecule has 1 aromatic carbocycles. The number of hydrogen-bond donors (Lipinski definition) is 1. The lowest BCUT2D eigenvalue weighted by Gasteiger charge is -2.07. The van der Waals surface area contributed by atoms with Crippen molar-refractivity contribution in [2.45, 2.75) is 6.92 Å². The maximum atomic E-state index is 14.0. The standard InChI is InChI=1S/C16H12ClFN2O4/c1-3-7-19-12(21)8-23-16(22)13-9(2)24-20-15(13)14-10(17)5-4-6-11(14)18/h1,4-6H,7-8H2,2H3,(H,19,21). The summed E-state index contributed by atoms with van der Waals surface area (Å²) in [6, 6.07) is 4.04. The number of carbonyl (C=O) groups is 2. The Morgan fingerprint density at radius 1 is 1.50 bits per heavy atom. The molecule has 1 N–H and O–H groups in total. The Morgan fingerprint density at radius 3 is 2.92 bits per heavy atom. The summed E-state index contributed by atoms with van der Waals surface area (Å²) in [5.41, 5.74) is -0.281. The van der Waals surface area contributed by atoms with Crippen LogP contribution in [0.4, 0.5) is 4.39 Å². The van der Waals surface area contributed by atoms with Crippen molar-refractivity contribution in [3.63, 3.8) is 0 Å². The summed E-state index contributed by atoms with van der Waals surface area (Å²) in [4.78, 5) is 23.6. The third-order valence-corrected chi connectivity index (χ3v) is 3.30. The van der Waals surface area contributed by atoms with E-state index in [-0.39, 0.29) is 34.1 Å². The summed E-state index contributed by atoms with van der Waals surface area (Å²) in [7, 11) is 0. The van der Waals surface area contributed by atoms with E-state index in [9.17, 15) is 14.0 Å². The quantitative estimate of drug-likeness (QED) is 0.661. The first-order valence-electron chi connectivity index (χ1n) is 6.73. The van der Waals surface area contributed by atoms with Crippen LogP contribution in [0.25, 0.3) is 11.3 Å².